The molecule has 3 rings (SSSR count). The summed E-state index contributed by atoms with van der Waals surface area (Å²) >= 11 is 0. The minimum atomic E-state index is -1.01. The smallest absolute Gasteiger partial charge is 0.337 e. The van der Waals surface area contributed by atoms with Crippen molar-refractivity contribution in [3.8, 4) is 22.4 Å². The molecular formula is C16H11N3O2. The number of hydrogen-bond donors (Lipinski definition) is 1. The van der Waals surface area contributed by atoms with Gasteiger partial charge in [0.2, 0.25) is 0 Å². The van der Waals surface area contributed by atoms with Crippen molar-refractivity contribution in [2.75, 3.05) is 0 Å². The van der Waals surface area contributed by atoms with Crippen LogP contribution in [0.2, 0.25) is 0 Å². The van der Waals surface area contributed by atoms with Gasteiger partial charge < -0.3 is 5.11 Å². The van der Waals surface area contributed by atoms with Gasteiger partial charge in [-0.15, -0.1) is 0 Å². The van der Waals surface area contributed by atoms with Crippen LogP contribution in [0.3, 0.4) is 0 Å². The molecule has 21 heavy (non-hydrogen) atoms. The fourth-order valence-corrected chi connectivity index (χ4v) is 2.06. The maximum atomic E-state index is 11.2. The highest BCUT2D eigenvalue weighted by molar-refractivity contribution is 5.91. The van der Waals surface area contributed by atoms with E-state index in [1.807, 2.05) is 18.2 Å². The van der Waals surface area contributed by atoms with Crippen molar-refractivity contribution >= 4 is 5.97 Å². The van der Waals surface area contributed by atoms with E-state index in [-0.39, 0.29) is 5.56 Å². The zero-order valence-electron chi connectivity index (χ0n) is 11.0. The van der Waals surface area contributed by atoms with Gasteiger partial charge in [-0.3, -0.25) is 15.0 Å². The predicted molar refractivity (Wildman–Crippen MR) is 77.7 cm³/mol. The summed E-state index contributed by atoms with van der Waals surface area (Å²) in [5.74, 6) is -1.01. The maximum absolute atomic E-state index is 11.2. The van der Waals surface area contributed by atoms with Crippen LogP contribution in [0.4, 0.5) is 0 Å². The molecule has 102 valence electrons. The average molecular weight is 277 g/mol. The summed E-state index contributed by atoms with van der Waals surface area (Å²) in [6.07, 6.45) is 8.08. The minimum Gasteiger partial charge on any atom is -0.478 e. The summed E-state index contributed by atoms with van der Waals surface area (Å²) in [7, 11) is 0. The zero-order valence-corrected chi connectivity index (χ0v) is 11.0. The Bertz CT molecular complexity index is 774. The number of pyridine rings is 3. The molecule has 0 aliphatic rings. The van der Waals surface area contributed by atoms with Crippen LogP contribution in [0.1, 0.15) is 10.4 Å². The first-order valence-corrected chi connectivity index (χ1v) is 6.30. The molecule has 0 unspecified atom stereocenters. The third-order valence-electron chi connectivity index (χ3n) is 3.04. The Morgan fingerprint density at radius 1 is 0.952 bits per heavy atom. The van der Waals surface area contributed by atoms with Crippen LogP contribution in [0.25, 0.3) is 22.4 Å². The minimum absolute atomic E-state index is 0.140. The summed E-state index contributed by atoms with van der Waals surface area (Å²) in [6.45, 7) is 0. The van der Waals surface area contributed by atoms with Crippen LogP contribution in [-0.4, -0.2) is 26.0 Å². The van der Waals surface area contributed by atoms with E-state index in [0.29, 0.717) is 5.69 Å². The number of carbonyl (C=O) groups is 1. The Labute approximate surface area is 121 Å². The molecular weight excluding hydrogens is 266 g/mol. The first-order chi connectivity index (χ1) is 10.3. The lowest BCUT2D eigenvalue weighted by Crippen LogP contribution is -2.00. The SMILES string of the molecule is O=C(O)c1cnc(-c2cccnc2)c(-c2cccnc2)c1. The van der Waals surface area contributed by atoms with Crippen LogP contribution < -0.4 is 0 Å². The lowest BCUT2D eigenvalue weighted by atomic mass is 10.00. The Morgan fingerprint density at radius 3 is 2.19 bits per heavy atom. The molecule has 1 N–H and O–H groups in total. The highest BCUT2D eigenvalue weighted by Gasteiger charge is 2.13. The van der Waals surface area contributed by atoms with Crippen LogP contribution in [-0.2, 0) is 0 Å². The molecule has 3 aromatic heterocycles. The number of rotatable bonds is 3. The number of hydrogen-bond acceptors (Lipinski definition) is 4. The van der Waals surface area contributed by atoms with Crippen molar-refractivity contribution in [3.05, 3.63) is 66.9 Å². The molecule has 0 radical (unpaired) electrons. The fourth-order valence-electron chi connectivity index (χ4n) is 2.06. The Hall–Kier alpha value is -3.08. The van der Waals surface area contributed by atoms with Crippen molar-refractivity contribution in [1.82, 2.24) is 15.0 Å². The fraction of sp³-hybridized carbons (Fsp3) is 0. The largest absolute Gasteiger partial charge is 0.478 e. The van der Waals surface area contributed by atoms with Crippen LogP contribution >= 0.6 is 0 Å². The summed E-state index contributed by atoms with van der Waals surface area (Å²) in [5.41, 5.74) is 3.18. The summed E-state index contributed by atoms with van der Waals surface area (Å²) in [6, 6.07) is 8.98. The molecule has 0 atom stereocenters. The van der Waals surface area contributed by atoms with Crippen molar-refractivity contribution in [1.29, 1.82) is 0 Å². The van der Waals surface area contributed by atoms with Gasteiger partial charge in [0.15, 0.2) is 0 Å². The second-order valence-electron chi connectivity index (χ2n) is 4.41. The van der Waals surface area contributed by atoms with E-state index in [9.17, 15) is 4.79 Å². The Kier molecular flexibility index (Phi) is 3.39. The van der Waals surface area contributed by atoms with Gasteiger partial charge >= 0.3 is 5.97 Å². The van der Waals surface area contributed by atoms with Gasteiger partial charge in [-0.05, 0) is 24.3 Å². The number of carboxylic acids is 1. The molecule has 3 heterocycles. The van der Waals surface area contributed by atoms with Crippen LogP contribution in [0.15, 0.2) is 61.3 Å². The van der Waals surface area contributed by atoms with Gasteiger partial charge in [0.1, 0.15) is 0 Å². The van der Waals surface area contributed by atoms with Crippen molar-refractivity contribution in [2.24, 2.45) is 0 Å². The number of carboxylic acid groups (broad SMARTS) is 1. The van der Waals surface area contributed by atoms with Crippen molar-refractivity contribution in [2.45, 2.75) is 0 Å². The first-order valence-electron chi connectivity index (χ1n) is 6.30. The molecule has 0 spiro atoms. The summed E-state index contributed by atoms with van der Waals surface area (Å²) in [5, 5.41) is 9.15. The van der Waals surface area contributed by atoms with E-state index >= 15 is 0 Å². The van der Waals surface area contributed by atoms with E-state index in [0.717, 1.165) is 16.7 Å². The van der Waals surface area contributed by atoms with Crippen LogP contribution in [0.5, 0.6) is 0 Å². The third-order valence-corrected chi connectivity index (χ3v) is 3.04. The van der Waals surface area contributed by atoms with E-state index in [2.05, 4.69) is 15.0 Å². The monoisotopic (exact) mass is 277 g/mol. The van der Waals surface area contributed by atoms with Crippen LogP contribution in [0, 0.1) is 0 Å². The lowest BCUT2D eigenvalue weighted by Gasteiger charge is -2.09. The summed E-state index contributed by atoms with van der Waals surface area (Å²) in [4.78, 5) is 23.6. The molecule has 3 aromatic rings. The van der Waals surface area contributed by atoms with Gasteiger partial charge in [0.25, 0.3) is 0 Å². The number of aromatic nitrogens is 3. The highest BCUT2D eigenvalue weighted by Crippen LogP contribution is 2.30. The van der Waals surface area contributed by atoms with Gasteiger partial charge in [-0.25, -0.2) is 4.79 Å². The molecule has 5 nitrogen and oxygen atoms in total. The average Bonchev–Trinajstić information content (AvgIpc) is 2.56. The van der Waals surface area contributed by atoms with Gasteiger partial charge in [0, 0.05) is 47.7 Å². The van der Waals surface area contributed by atoms with E-state index in [1.54, 1.807) is 36.9 Å². The second-order valence-corrected chi connectivity index (χ2v) is 4.41. The molecule has 0 aromatic carbocycles. The van der Waals surface area contributed by atoms with Gasteiger partial charge in [0.05, 0.1) is 11.3 Å². The van der Waals surface area contributed by atoms with E-state index in [4.69, 9.17) is 5.11 Å². The Morgan fingerprint density at radius 2 is 1.62 bits per heavy atom. The topological polar surface area (TPSA) is 76.0 Å². The standard InChI is InChI=1S/C16H11N3O2/c20-16(21)13-7-14(11-3-1-5-17-8-11)15(19-10-13)12-4-2-6-18-9-12/h1-10H,(H,20,21). The van der Waals surface area contributed by atoms with E-state index < -0.39 is 5.97 Å². The quantitative estimate of drug-likeness (QED) is 0.796. The Balaban J connectivity index is 2.23. The number of nitrogens with zero attached hydrogens (tertiary/aromatic N) is 3. The molecule has 0 amide bonds. The maximum Gasteiger partial charge on any atom is 0.337 e. The molecule has 0 aliphatic heterocycles. The van der Waals surface area contributed by atoms with Gasteiger partial charge in [-0.2, -0.15) is 0 Å². The molecule has 0 fully saturated rings. The van der Waals surface area contributed by atoms with Crippen molar-refractivity contribution in [3.63, 3.8) is 0 Å². The molecule has 0 bridgehead atoms. The second kappa shape index (κ2) is 5.50. The molecule has 0 aliphatic carbocycles. The summed E-state index contributed by atoms with van der Waals surface area (Å²) < 4.78 is 0. The zero-order chi connectivity index (χ0) is 14.7. The highest BCUT2D eigenvalue weighted by atomic mass is 16.4. The van der Waals surface area contributed by atoms with Gasteiger partial charge in [-0.1, -0.05) is 6.07 Å². The normalized spacial score (nSPS) is 10.3. The predicted octanol–water partition coefficient (Wildman–Crippen LogP) is 2.90. The van der Waals surface area contributed by atoms with E-state index in [1.165, 1.54) is 6.20 Å². The molecule has 5 heteroatoms. The number of aromatic carboxylic acids is 1. The van der Waals surface area contributed by atoms with Crippen molar-refractivity contribution < 1.29 is 9.90 Å². The molecule has 0 saturated heterocycles. The molecule has 0 saturated carbocycles. The first kappa shape index (κ1) is 12.9. The third kappa shape index (κ3) is 2.62. The lowest BCUT2D eigenvalue weighted by molar-refractivity contribution is 0.0696.